The fourth-order valence-electron chi connectivity index (χ4n) is 2.92. The predicted molar refractivity (Wildman–Crippen MR) is 97.1 cm³/mol. The Kier molecular flexibility index (Phi) is 5.87. The molecule has 1 saturated heterocycles. The molecule has 0 aromatic heterocycles. The van der Waals surface area contributed by atoms with E-state index in [1.54, 1.807) is 19.2 Å². The second-order valence-corrected chi connectivity index (χ2v) is 9.30. The monoisotopic (exact) mass is 366 g/mol. The Morgan fingerprint density at radius 2 is 1.80 bits per heavy atom. The normalized spacial score (nSPS) is 20.3. The fourth-order valence-corrected chi connectivity index (χ4v) is 4.70. The van der Waals surface area contributed by atoms with E-state index in [1.165, 1.54) is 4.90 Å². The van der Waals surface area contributed by atoms with E-state index >= 15 is 0 Å². The molecule has 25 heavy (non-hydrogen) atoms. The molecule has 0 saturated carbocycles. The number of hydrogen-bond donors (Lipinski definition) is 1. The van der Waals surface area contributed by atoms with E-state index in [4.69, 9.17) is 0 Å². The molecule has 138 valence electrons. The van der Waals surface area contributed by atoms with Crippen molar-refractivity contribution >= 4 is 21.7 Å². The van der Waals surface area contributed by atoms with E-state index in [0.29, 0.717) is 12.0 Å². The Morgan fingerprint density at radius 1 is 1.20 bits per heavy atom. The van der Waals surface area contributed by atoms with Crippen molar-refractivity contribution in [3.05, 3.63) is 35.4 Å². The van der Waals surface area contributed by atoms with Crippen LogP contribution in [0.3, 0.4) is 0 Å². The summed E-state index contributed by atoms with van der Waals surface area (Å²) in [7, 11) is -1.46. The van der Waals surface area contributed by atoms with Crippen molar-refractivity contribution in [3.63, 3.8) is 0 Å². The molecule has 1 fully saturated rings. The van der Waals surface area contributed by atoms with Crippen LogP contribution in [0.4, 0.5) is 0 Å². The van der Waals surface area contributed by atoms with Gasteiger partial charge in [-0.1, -0.05) is 31.5 Å². The highest BCUT2D eigenvalue weighted by molar-refractivity contribution is 7.91. The molecule has 1 aromatic carbocycles. The average Bonchev–Trinajstić information content (AvgIpc) is 2.91. The van der Waals surface area contributed by atoms with Gasteiger partial charge in [0.15, 0.2) is 9.84 Å². The van der Waals surface area contributed by atoms with Crippen molar-refractivity contribution in [2.24, 2.45) is 5.92 Å². The van der Waals surface area contributed by atoms with Crippen LogP contribution in [-0.2, 0) is 14.6 Å². The summed E-state index contributed by atoms with van der Waals surface area (Å²) in [4.78, 5) is 26.7. The number of carbonyl (C=O) groups excluding carboxylic acids is 2. The van der Waals surface area contributed by atoms with Crippen LogP contribution in [0, 0.1) is 12.8 Å². The van der Waals surface area contributed by atoms with Crippen molar-refractivity contribution in [2.75, 3.05) is 18.6 Å². The lowest BCUT2D eigenvalue weighted by molar-refractivity contribution is -0.134. The topological polar surface area (TPSA) is 83.6 Å². The van der Waals surface area contributed by atoms with Gasteiger partial charge in [0, 0.05) is 18.7 Å². The Hall–Kier alpha value is -1.89. The molecule has 0 bridgehead atoms. The Labute approximate surface area is 149 Å². The number of benzene rings is 1. The SMILES string of the molecule is Cc1ccc(C(=O)NC(C(=O)N(C)C2CCS(=O)(=O)C2)C(C)C)cc1. The number of carbonyl (C=O) groups is 2. The molecular formula is C18H26N2O4S. The highest BCUT2D eigenvalue weighted by Gasteiger charge is 2.36. The smallest absolute Gasteiger partial charge is 0.251 e. The standard InChI is InChI=1S/C18H26N2O4S/c1-12(2)16(19-17(21)14-7-5-13(3)6-8-14)18(22)20(4)15-9-10-25(23,24)11-15/h5-8,12,15-16H,9-11H2,1-4H3,(H,19,21). The number of likely N-dealkylation sites (N-methyl/N-ethyl adjacent to an activating group) is 1. The van der Waals surface area contributed by atoms with Gasteiger partial charge < -0.3 is 10.2 Å². The van der Waals surface area contributed by atoms with Crippen LogP contribution in [0.1, 0.15) is 36.2 Å². The Balaban J connectivity index is 2.10. The zero-order chi connectivity index (χ0) is 18.8. The third kappa shape index (κ3) is 4.81. The molecule has 2 unspecified atom stereocenters. The maximum absolute atomic E-state index is 12.8. The van der Waals surface area contributed by atoms with Crippen molar-refractivity contribution in [1.29, 1.82) is 0 Å². The summed E-state index contributed by atoms with van der Waals surface area (Å²) in [6.07, 6.45) is 0.446. The van der Waals surface area contributed by atoms with Crippen molar-refractivity contribution in [1.82, 2.24) is 10.2 Å². The molecule has 2 atom stereocenters. The predicted octanol–water partition coefficient (Wildman–Crippen LogP) is 1.39. The molecule has 2 amide bonds. The number of nitrogens with zero attached hydrogens (tertiary/aromatic N) is 1. The number of rotatable bonds is 5. The average molecular weight is 366 g/mol. The van der Waals surface area contributed by atoms with Crippen LogP contribution in [-0.4, -0.2) is 55.8 Å². The first kappa shape index (κ1) is 19.4. The summed E-state index contributed by atoms with van der Waals surface area (Å²) < 4.78 is 23.3. The van der Waals surface area contributed by atoms with E-state index in [9.17, 15) is 18.0 Å². The van der Waals surface area contributed by atoms with Gasteiger partial charge in [-0.25, -0.2) is 8.42 Å². The van der Waals surface area contributed by atoms with Gasteiger partial charge in [0.05, 0.1) is 11.5 Å². The van der Waals surface area contributed by atoms with Crippen LogP contribution in [0.25, 0.3) is 0 Å². The largest absolute Gasteiger partial charge is 0.340 e. The van der Waals surface area contributed by atoms with Crippen LogP contribution < -0.4 is 5.32 Å². The zero-order valence-corrected chi connectivity index (χ0v) is 16.0. The molecular weight excluding hydrogens is 340 g/mol. The van der Waals surface area contributed by atoms with Crippen LogP contribution in [0.5, 0.6) is 0 Å². The lowest BCUT2D eigenvalue weighted by atomic mass is 10.0. The highest BCUT2D eigenvalue weighted by atomic mass is 32.2. The van der Waals surface area contributed by atoms with Gasteiger partial charge in [-0.05, 0) is 31.4 Å². The van der Waals surface area contributed by atoms with Gasteiger partial charge in [-0.3, -0.25) is 9.59 Å². The number of nitrogens with one attached hydrogen (secondary N) is 1. The van der Waals surface area contributed by atoms with Crippen LogP contribution >= 0.6 is 0 Å². The minimum Gasteiger partial charge on any atom is -0.340 e. The minimum absolute atomic E-state index is 0.00797. The van der Waals surface area contributed by atoms with E-state index in [2.05, 4.69) is 5.32 Å². The summed E-state index contributed by atoms with van der Waals surface area (Å²) in [6, 6.07) is 6.12. The molecule has 0 aliphatic carbocycles. The molecule has 1 aromatic rings. The molecule has 2 rings (SSSR count). The quantitative estimate of drug-likeness (QED) is 0.854. The third-order valence-electron chi connectivity index (χ3n) is 4.64. The number of sulfone groups is 1. The second-order valence-electron chi connectivity index (χ2n) is 7.07. The maximum atomic E-state index is 12.8. The van der Waals surface area contributed by atoms with E-state index in [1.807, 2.05) is 32.9 Å². The molecule has 7 heteroatoms. The number of aryl methyl sites for hydroxylation is 1. The summed E-state index contributed by atoms with van der Waals surface area (Å²) in [5.74, 6) is -0.567. The molecule has 1 heterocycles. The van der Waals surface area contributed by atoms with Gasteiger partial charge in [0.25, 0.3) is 5.91 Å². The molecule has 1 N–H and O–H groups in total. The van der Waals surface area contributed by atoms with Gasteiger partial charge in [-0.15, -0.1) is 0 Å². The third-order valence-corrected chi connectivity index (χ3v) is 6.39. The Morgan fingerprint density at radius 3 is 2.28 bits per heavy atom. The lowest BCUT2D eigenvalue weighted by Crippen LogP contribution is -2.53. The van der Waals surface area contributed by atoms with E-state index in [-0.39, 0.29) is 35.3 Å². The summed E-state index contributed by atoms with van der Waals surface area (Å²) >= 11 is 0. The summed E-state index contributed by atoms with van der Waals surface area (Å²) in [6.45, 7) is 5.65. The number of hydrogen-bond acceptors (Lipinski definition) is 4. The number of amides is 2. The molecule has 1 aliphatic rings. The molecule has 6 nitrogen and oxygen atoms in total. The first-order valence-electron chi connectivity index (χ1n) is 8.45. The lowest BCUT2D eigenvalue weighted by Gasteiger charge is -2.30. The Bertz CT molecular complexity index is 741. The van der Waals surface area contributed by atoms with Gasteiger partial charge >= 0.3 is 0 Å². The summed E-state index contributed by atoms with van der Waals surface area (Å²) in [5.41, 5.74) is 1.55. The maximum Gasteiger partial charge on any atom is 0.251 e. The van der Waals surface area contributed by atoms with E-state index in [0.717, 1.165) is 5.56 Å². The van der Waals surface area contributed by atoms with Crippen molar-refractivity contribution in [3.8, 4) is 0 Å². The second kappa shape index (κ2) is 7.56. The zero-order valence-electron chi connectivity index (χ0n) is 15.2. The molecule has 1 aliphatic heterocycles. The van der Waals surface area contributed by atoms with E-state index < -0.39 is 15.9 Å². The first-order chi connectivity index (χ1) is 11.6. The minimum atomic E-state index is -3.07. The molecule has 0 radical (unpaired) electrons. The van der Waals surface area contributed by atoms with Crippen LogP contribution in [0.15, 0.2) is 24.3 Å². The first-order valence-corrected chi connectivity index (χ1v) is 10.3. The van der Waals surface area contributed by atoms with Crippen molar-refractivity contribution < 1.29 is 18.0 Å². The van der Waals surface area contributed by atoms with Crippen LogP contribution in [0.2, 0.25) is 0 Å². The van der Waals surface area contributed by atoms with Gasteiger partial charge in [0.2, 0.25) is 5.91 Å². The van der Waals surface area contributed by atoms with Gasteiger partial charge in [-0.2, -0.15) is 0 Å². The van der Waals surface area contributed by atoms with Crippen molar-refractivity contribution in [2.45, 2.75) is 39.3 Å². The van der Waals surface area contributed by atoms with Gasteiger partial charge in [0.1, 0.15) is 6.04 Å². The fraction of sp³-hybridized carbons (Fsp3) is 0.556. The molecule has 0 spiro atoms. The summed E-state index contributed by atoms with van der Waals surface area (Å²) in [5, 5.41) is 2.80. The highest BCUT2D eigenvalue weighted by Crippen LogP contribution is 2.19.